The molecule has 0 saturated heterocycles. The largest absolute Gasteiger partial charge is 0.504 e. The van der Waals surface area contributed by atoms with Crippen molar-refractivity contribution in [2.75, 3.05) is 25.5 Å². The Morgan fingerprint density at radius 1 is 1.41 bits per heavy atom. The number of anilines is 1. The molecular formula is C13H18Cl2N4O3. The molecule has 0 aliphatic heterocycles. The summed E-state index contributed by atoms with van der Waals surface area (Å²) in [4.78, 5) is 16.1. The number of nitrogens with zero attached hydrogens (tertiary/aromatic N) is 1. The van der Waals surface area contributed by atoms with Crippen LogP contribution in [0.5, 0.6) is 11.5 Å². The van der Waals surface area contributed by atoms with E-state index in [1.807, 2.05) is 13.8 Å². The summed E-state index contributed by atoms with van der Waals surface area (Å²) >= 11 is 12.0. The molecule has 0 heterocycles. The Balaban J connectivity index is 2.95. The van der Waals surface area contributed by atoms with Crippen molar-refractivity contribution in [3.05, 3.63) is 16.1 Å². The van der Waals surface area contributed by atoms with Gasteiger partial charge in [0.15, 0.2) is 17.5 Å². The number of rotatable bonds is 4. The van der Waals surface area contributed by atoms with Crippen LogP contribution < -0.4 is 20.7 Å². The standard InChI is InChI=1S/C13H18Cl2N4O3/c1-4-16-12(17-5-2)19-13(21)18-10-7(14)6-8(20)11(22-3)9(10)15/h6,20H,4-5H2,1-3H3,(H3,16,17,18,19,21). The first-order valence-corrected chi connectivity index (χ1v) is 7.31. The SMILES string of the molecule is CCN=C(NCC)NC(=O)Nc1c(Cl)cc(O)c(OC)c1Cl. The molecule has 0 aliphatic carbocycles. The highest BCUT2D eigenvalue weighted by Gasteiger charge is 2.18. The second kappa shape index (κ2) is 8.55. The first-order chi connectivity index (χ1) is 10.4. The molecule has 0 saturated carbocycles. The van der Waals surface area contributed by atoms with Gasteiger partial charge in [0.2, 0.25) is 0 Å². The molecular weight excluding hydrogens is 331 g/mol. The molecule has 0 fully saturated rings. The zero-order chi connectivity index (χ0) is 16.7. The number of carbonyl (C=O) groups excluding carboxylic acids is 1. The smallest absolute Gasteiger partial charge is 0.326 e. The summed E-state index contributed by atoms with van der Waals surface area (Å²) in [6, 6.07) is 0.650. The lowest BCUT2D eigenvalue weighted by atomic mass is 10.2. The third kappa shape index (κ3) is 4.57. The number of hydrogen-bond donors (Lipinski definition) is 4. The fourth-order valence-electron chi connectivity index (χ4n) is 1.61. The zero-order valence-corrected chi connectivity index (χ0v) is 14.0. The minimum Gasteiger partial charge on any atom is -0.504 e. The van der Waals surface area contributed by atoms with Crippen molar-refractivity contribution in [1.29, 1.82) is 0 Å². The monoisotopic (exact) mass is 348 g/mol. The van der Waals surface area contributed by atoms with Crippen molar-refractivity contribution in [3.63, 3.8) is 0 Å². The van der Waals surface area contributed by atoms with Crippen molar-refractivity contribution in [3.8, 4) is 11.5 Å². The Morgan fingerprint density at radius 2 is 2.09 bits per heavy atom. The van der Waals surface area contributed by atoms with Gasteiger partial charge >= 0.3 is 6.03 Å². The molecule has 0 atom stereocenters. The Bertz CT molecular complexity index is 579. The molecule has 4 N–H and O–H groups in total. The van der Waals surface area contributed by atoms with Crippen molar-refractivity contribution in [2.24, 2.45) is 4.99 Å². The fourth-order valence-corrected chi connectivity index (χ4v) is 2.23. The zero-order valence-electron chi connectivity index (χ0n) is 12.5. The lowest BCUT2D eigenvalue weighted by molar-refractivity contribution is 0.256. The number of hydrogen-bond acceptors (Lipinski definition) is 4. The van der Waals surface area contributed by atoms with E-state index in [0.717, 1.165) is 0 Å². The Hall–Kier alpha value is -1.86. The van der Waals surface area contributed by atoms with Gasteiger partial charge in [-0.05, 0) is 13.8 Å². The number of nitrogens with one attached hydrogen (secondary N) is 3. The van der Waals surface area contributed by atoms with Crippen LogP contribution in [0.25, 0.3) is 0 Å². The van der Waals surface area contributed by atoms with Gasteiger partial charge in [-0.1, -0.05) is 23.2 Å². The number of phenolic OH excluding ortho intramolecular Hbond substituents is 1. The minimum absolute atomic E-state index is 0.0000750. The van der Waals surface area contributed by atoms with Gasteiger partial charge in [0.1, 0.15) is 5.02 Å². The van der Waals surface area contributed by atoms with Crippen LogP contribution in [-0.2, 0) is 0 Å². The Morgan fingerprint density at radius 3 is 2.64 bits per heavy atom. The Labute approximate surface area is 138 Å². The van der Waals surface area contributed by atoms with E-state index in [4.69, 9.17) is 27.9 Å². The van der Waals surface area contributed by atoms with E-state index in [0.29, 0.717) is 19.0 Å². The number of ether oxygens (including phenoxy) is 1. The van der Waals surface area contributed by atoms with E-state index in [9.17, 15) is 9.90 Å². The molecule has 1 rings (SSSR count). The van der Waals surface area contributed by atoms with Crippen molar-refractivity contribution >= 4 is 40.9 Å². The fraction of sp³-hybridized carbons (Fsp3) is 0.385. The summed E-state index contributed by atoms with van der Waals surface area (Å²) in [5, 5.41) is 17.7. The number of urea groups is 1. The average Bonchev–Trinajstić information content (AvgIpc) is 2.44. The van der Waals surface area contributed by atoms with Crippen LogP contribution in [0.15, 0.2) is 11.1 Å². The van der Waals surface area contributed by atoms with E-state index >= 15 is 0 Å². The number of aromatic hydroxyl groups is 1. The number of halogens is 2. The number of guanidine groups is 1. The van der Waals surface area contributed by atoms with E-state index < -0.39 is 6.03 Å². The van der Waals surface area contributed by atoms with E-state index in [1.54, 1.807) is 0 Å². The van der Waals surface area contributed by atoms with Gasteiger partial charge in [-0.2, -0.15) is 0 Å². The number of aliphatic imine (C=N–C) groups is 1. The molecule has 0 bridgehead atoms. The van der Waals surface area contributed by atoms with Gasteiger partial charge in [0.25, 0.3) is 0 Å². The van der Waals surface area contributed by atoms with Gasteiger partial charge in [0.05, 0.1) is 17.8 Å². The average molecular weight is 349 g/mol. The molecule has 1 aromatic carbocycles. The third-order valence-corrected chi connectivity index (χ3v) is 3.15. The molecule has 22 heavy (non-hydrogen) atoms. The maximum Gasteiger partial charge on any atom is 0.326 e. The second-order valence-corrected chi connectivity index (χ2v) is 4.82. The summed E-state index contributed by atoms with van der Waals surface area (Å²) in [5.74, 6) is 0.139. The predicted molar refractivity (Wildman–Crippen MR) is 88.5 cm³/mol. The van der Waals surface area contributed by atoms with Crippen molar-refractivity contribution in [2.45, 2.75) is 13.8 Å². The van der Waals surface area contributed by atoms with Crippen LogP contribution in [-0.4, -0.2) is 37.3 Å². The molecule has 0 radical (unpaired) electrons. The molecule has 0 aromatic heterocycles. The number of carbonyl (C=O) groups is 1. The predicted octanol–water partition coefficient (Wildman–Crippen LogP) is 2.81. The summed E-state index contributed by atoms with van der Waals surface area (Å²) in [5.41, 5.74) is 0.128. The molecule has 122 valence electrons. The lowest BCUT2D eigenvalue weighted by Gasteiger charge is -2.15. The van der Waals surface area contributed by atoms with Crippen LogP contribution in [0.2, 0.25) is 10.0 Å². The van der Waals surface area contributed by atoms with Gasteiger partial charge in [-0.25, -0.2) is 4.79 Å². The number of phenols is 1. The van der Waals surface area contributed by atoms with Crippen molar-refractivity contribution < 1.29 is 14.6 Å². The normalized spacial score (nSPS) is 11.0. The molecule has 0 unspecified atom stereocenters. The summed E-state index contributed by atoms with van der Waals surface area (Å²) in [6.07, 6.45) is 0. The third-order valence-electron chi connectivity index (χ3n) is 2.49. The molecule has 0 spiro atoms. The van der Waals surface area contributed by atoms with E-state index in [1.165, 1.54) is 13.2 Å². The van der Waals surface area contributed by atoms with Gasteiger partial charge in [0, 0.05) is 19.2 Å². The maximum atomic E-state index is 12.0. The highest BCUT2D eigenvalue weighted by Crippen LogP contribution is 2.44. The molecule has 1 aromatic rings. The Kier molecular flexibility index (Phi) is 7.07. The quantitative estimate of drug-likeness (QED) is 0.382. The van der Waals surface area contributed by atoms with Gasteiger partial charge in [-0.3, -0.25) is 10.3 Å². The van der Waals surface area contributed by atoms with E-state index in [-0.39, 0.29) is 27.2 Å². The van der Waals surface area contributed by atoms with Crippen LogP contribution in [0.1, 0.15) is 13.8 Å². The molecule has 2 amide bonds. The first-order valence-electron chi connectivity index (χ1n) is 6.55. The lowest BCUT2D eigenvalue weighted by Crippen LogP contribution is -2.43. The highest BCUT2D eigenvalue weighted by molar-refractivity contribution is 6.41. The number of benzene rings is 1. The molecule has 9 heteroatoms. The van der Waals surface area contributed by atoms with E-state index in [2.05, 4.69) is 20.9 Å². The second-order valence-electron chi connectivity index (χ2n) is 4.03. The van der Waals surface area contributed by atoms with Crippen LogP contribution in [0, 0.1) is 0 Å². The van der Waals surface area contributed by atoms with Crippen LogP contribution in [0.3, 0.4) is 0 Å². The number of methoxy groups -OCH3 is 1. The molecule has 0 aliphatic rings. The van der Waals surface area contributed by atoms with Gasteiger partial charge in [-0.15, -0.1) is 0 Å². The summed E-state index contributed by atoms with van der Waals surface area (Å²) in [7, 11) is 1.34. The molecule has 7 nitrogen and oxygen atoms in total. The summed E-state index contributed by atoms with van der Waals surface area (Å²) in [6.45, 7) is 4.84. The maximum absolute atomic E-state index is 12.0. The van der Waals surface area contributed by atoms with Crippen molar-refractivity contribution in [1.82, 2.24) is 10.6 Å². The van der Waals surface area contributed by atoms with Crippen LogP contribution in [0.4, 0.5) is 10.5 Å². The first kappa shape index (κ1) is 18.2. The topological polar surface area (TPSA) is 95.0 Å². The van der Waals surface area contributed by atoms with Crippen LogP contribution >= 0.6 is 23.2 Å². The number of amides is 2. The minimum atomic E-state index is -0.579. The highest BCUT2D eigenvalue weighted by atomic mass is 35.5. The summed E-state index contributed by atoms with van der Waals surface area (Å²) < 4.78 is 4.96. The van der Waals surface area contributed by atoms with Gasteiger partial charge < -0.3 is 20.5 Å².